The van der Waals surface area contributed by atoms with Crippen LogP contribution in [0.1, 0.15) is 0 Å². The standard InChI is InChI=1S/C7H13BFO5P/c1-12-3-4-6(14-15(2,10)11)5(9)7(8)13-4/h4-7H,3H2,1-2H3,(H,10,11)/t4-,5?,6?,7-/m1/s1. The molecule has 0 spiro atoms. The molecule has 0 aromatic rings. The molecule has 0 bridgehead atoms. The number of halogens is 1. The highest BCUT2D eigenvalue weighted by Crippen LogP contribution is 2.42. The second-order valence-electron chi connectivity index (χ2n) is 3.41. The Kier molecular flexibility index (Phi) is 4.32. The molecule has 1 aliphatic rings. The molecule has 0 aliphatic carbocycles. The summed E-state index contributed by atoms with van der Waals surface area (Å²) in [5.41, 5.74) is 0. The zero-order valence-electron chi connectivity index (χ0n) is 8.50. The molecule has 1 aliphatic heterocycles. The summed E-state index contributed by atoms with van der Waals surface area (Å²) in [6.07, 6.45) is -3.56. The Labute approximate surface area is 88.8 Å². The van der Waals surface area contributed by atoms with Crippen LogP contribution in [0.3, 0.4) is 0 Å². The number of hydrogen-bond donors (Lipinski definition) is 1. The van der Waals surface area contributed by atoms with Gasteiger partial charge in [-0.2, -0.15) is 0 Å². The molecule has 15 heavy (non-hydrogen) atoms. The van der Waals surface area contributed by atoms with E-state index in [-0.39, 0.29) is 6.61 Å². The van der Waals surface area contributed by atoms with Gasteiger partial charge in [-0.3, -0.25) is 9.09 Å². The minimum absolute atomic E-state index is 0.0544. The molecule has 1 rings (SSSR count). The monoisotopic (exact) mass is 238 g/mol. The minimum atomic E-state index is -3.77. The Morgan fingerprint density at radius 3 is 2.73 bits per heavy atom. The van der Waals surface area contributed by atoms with E-state index < -0.39 is 32.0 Å². The van der Waals surface area contributed by atoms with Gasteiger partial charge >= 0.3 is 7.60 Å². The van der Waals surface area contributed by atoms with Gasteiger partial charge in [0.2, 0.25) is 0 Å². The van der Waals surface area contributed by atoms with Crippen molar-refractivity contribution in [1.82, 2.24) is 0 Å². The van der Waals surface area contributed by atoms with Crippen LogP contribution in [0, 0.1) is 0 Å². The normalized spacial score (nSPS) is 40.3. The number of hydrogen-bond acceptors (Lipinski definition) is 4. The van der Waals surface area contributed by atoms with Gasteiger partial charge < -0.3 is 14.4 Å². The maximum atomic E-state index is 13.4. The predicted octanol–water partition coefficient (Wildman–Crippen LogP) is 0.0647. The molecule has 8 heteroatoms. The summed E-state index contributed by atoms with van der Waals surface area (Å²) in [5, 5.41) is 0. The van der Waals surface area contributed by atoms with E-state index in [4.69, 9.17) is 26.7 Å². The van der Waals surface area contributed by atoms with Crippen molar-refractivity contribution in [2.24, 2.45) is 0 Å². The molecule has 0 saturated carbocycles. The third-order valence-corrected chi connectivity index (χ3v) is 2.61. The van der Waals surface area contributed by atoms with Crippen LogP contribution in [0.5, 0.6) is 0 Å². The van der Waals surface area contributed by atoms with Crippen LogP contribution in [0.2, 0.25) is 0 Å². The van der Waals surface area contributed by atoms with Gasteiger partial charge in [0.25, 0.3) is 0 Å². The van der Waals surface area contributed by atoms with Crippen molar-refractivity contribution >= 4 is 15.4 Å². The molecule has 5 nitrogen and oxygen atoms in total. The molecule has 5 atom stereocenters. The first-order chi connectivity index (χ1) is 6.85. The van der Waals surface area contributed by atoms with Crippen molar-refractivity contribution in [3.05, 3.63) is 0 Å². The van der Waals surface area contributed by atoms with Crippen molar-refractivity contribution in [1.29, 1.82) is 0 Å². The Hall–Kier alpha value is 0.0649. The SMILES string of the molecule is [B][C@@H]1O[C@H](COC)C(OP(C)(=O)O)C1F. The Morgan fingerprint density at radius 2 is 2.27 bits per heavy atom. The molecule has 1 heterocycles. The predicted molar refractivity (Wildman–Crippen MR) is 51.8 cm³/mol. The maximum Gasteiger partial charge on any atom is 0.325 e. The van der Waals surface area contributed by atoms with E-state index in [0.717, 1.165) is 6.66 Å². The number of methoxy groups -OCH3 is 1. The van der Waals surface area contributed by atoms with E-state index in [1.807, 2.05) is 0 Å². The molecule has 2 radical (unpaired) electrons. The molecule has 0 aromatic heterocycles. The van der Waals surface area contributed by atoms with Gasteiger partial charge in [-0.1, -0.05) is 0 Å². The molecular weight excluding hydrogens is 225 g/mol. The lowest BCUT2D eigenvalue weighted by atomic mass is 9.94. The van der Waals surface area contributed by atoms with E-state index in [1.165, 1.54) is 7.11 Å². The summed E-state index contributed by atoms with van der Waals surface area (Å²) < 4.78 is 38.9. The first kappa shape index (κ1) is 13.1. The van der Waals surface area contributed by atoms with E-state index in [2.05, 4.69) is 0 Å². The van der Waals surface area contributed by atoms with Gasteiger partial charge in [-0.15, -0.1) is 0 Å². The van der Waals surface area contributed by atoms with E-state index >= 15 is 0 Å². The second kappa shape index (κ2) is 4.93. The summed E-state index contributed by atoms with van der Waals surface area (Å²) >= 11 is 0. The zero-order valence-corrected chi connectivity index (χ0v) is 9.39. The molecule has 0 aromatic carbocycles. The summed E-state index contributed by atoms with van der Waals surface area (Å²) in [5.74, 6) is 0. The number of alkyl halides is 1. The van der Waals surface area contributed by atoms with Gasteiger partial charge in [0.15, 0.2) is 0 Å². The van der Waals surface area contributed by atoms with Crippen molar-refractivity contribution in [2.75, 3.05) is 20.4 Å². The lowest BCUT2D eigenvalue weighted by Crippen LogP contribution is -2.33. The fraction of sp³-hybridized carbons (Fsp3) is 1.00. The van der Waals surface area contributed by atoms with Gasteiger partial charge in [-0.25, -0.2) is 4.39 Å². The smallest absolute Gasteiger partial charge is 0.325 e. The third-order valence-electron chi connectivity index (χ3n) is 1.97. The fourth-order valence-electron chi connectivity index (χ4n) is 1.40. The van der Waals surface area contributed by atoms with E-state index in [9.17, 15) is 8.96 Å². The zero-order chi connectivity index (χ0) is 11.6. The van der Waals surface area contributed by atoms with Crippen molar-refractivity contribution in [3.63, 3.8) is 0 Å². The van der Waals surface area contributed by atoms with Crippen LogP contribution in [0.15, 0.2) is 0 Å². The summed E-state index contributed by atoms with van der Waals surface area (Å²) in [6.45, 7) is 1.03. The quantitative estimate of drug-likeness (QED) is 0.554. The van der Waals surface area contributed by atoms with Crippen molar-refractivity contribution in [3.8, 4) is 0 Å². The van der Waals surface area contributed by atoms with Crippen LogP contribution in [-0.4, -0.2) is 57.5 Å². The molecule has 0 amide bonds. The topological polar surface area (TPSA) is 65.0 Å². The third kappa shape index (κ3) is 3.54. The molecule has 1 N–H and O–H groups in total. The summed E-state index contributed by atoms with van der Waals surface area (Å²) in [7, 11) is 2.94. The lowest BCUT2D eigenvalue weighted by molar-refractivity contribution is -0.0131. The highest BCUT2D eigenvalue weighted by molar-refractivity contribution is 7.51. The highest BCUT2D eigenvalue weighted by Gasteiger charge is 2.45. The van der Waals surface area contributed by atoms with Crippen LogP contribution < -0.4 is 0 Å². The Balaban J connectivity index is 2.68. The second-order valence-corrected chi connectivity index (χ2v) is 5.23. The maximum absolute atomic E-state index is 13.4. The van der Waals surface area contributed by atoms with Gasteiger partial charge in [-0.05, 0) is 0 Å². The molecule has 1 saturated heterocycles. The van der Waals surface area contributed by atoms with Crippen LogP contribution in [0.25, 0.3) is 0 Å². The largest absolute Gasteiger partial charge is 0.382 e. The van der Waals surface area contributed by atoms with Gasteiger partial charge in [0.1, 0.15) is 26.2 Å². The van der Waals surface area contributed by atoms with E-state index in [0.29, 0.717) is 0 Å². The van der Waals surface area contributed by atoms with Crippen LogP contribution in [-0.2, 0) is 18.6 Å². The van der Waals surface area contributed by atoms with Crippen LogP contribution in [0.4, 0.5) is 4.39 Å². The average Bonchev–Trinajstić information content (AvgIpc) is 2.32. The van der Waals surface area contributed by atoms with Crippen LogP contribution >= 0.6 is 7.60 Å². The first-order valence-electron chi connectivity index (χ1n) is 4.38. The fourth-order valence-corrected chi connectivity index (χ4v) is 2.10. The molecule has 86 valence electrons. The molecule has 3 unspecified atom stereocenters. The highest BCUT2D eigenvalue weighted by atomic mass is 31.2. The van der Waals surface area contributed by atoms with E-state index in [1.54, 1.807) is 0 Å². The Bertz CT molecular complexity index is 260. The number of rotatable bonds is 4. The average molecular weight is 238 g/mol. The van der Waals surface area contributed by atoms with Crippen molar-refractivity contribution in [2.45, 2.75) is 24.4 Å². The summed E-state index contributed by atoms with van der Waals surface area (Å²) in [6, 6.07) is -1.15. The van der Waals surface area contributed by atoms with Gasteiger partial charge in [0.05, 0.1) is 12.6 Å². The van der Waals surface area contributed by atoms with Gasteiger partial charge in [0, 0.05) is 13.8 Å². The first-order valence-corrected chi connectivity index (χ1v) is 6.40. The van der Waals surface area contributed by atoms with Crippen molar-refractivity contribution < 1.29 is 27.8 Å². The summed E-state index contributed by atoms with van der Waals surface area (Å²) in [4.78, 5) is 9.00. The lowest BCUT2D eigenvalue weighted by Gasteiger charge is -2.20. The number of ether oxygens (including phenoxy) is 2. The molecule has 1 fully saturated rings. The Morgan fingerprint density at radius 1 is 1.67 bits per heavy atom. The minimum Gasteiger partial charge on any atom is -0.382 e. The molecular formula is C7H13BFO5P.